The molecular weight excluding hydrogens is 236 g/mol. The molecule has 0 spiro atoms. The van der Waals surface area contributed by atoms with Gasteiger partial charge >= 0.3 is 0 Å². The Morgan fingerprint density at radius 3 is 2.29 bits per heavy atom. The smallest absolute Gasteiger partial charge is 0.145 e. The van der Waals surface area contributed by atoms with E-state index in [9.17, 15) is 9.90 Å². The Labute approximate surface area is 106 Å². The van der Waals surface area contributed by atoms with Crippen molar-refractivity contribution in [1.82, 2.24) is 10.2 Å². The Balaban J connectivity index is 2.80. The van der Waals surface area contributed by atoms with Gasteiger partial charge in [0.25, 0.3) is 0 Å². The fourth-order valence-electron chi connectivity index (χ4n) is 1.07. The number of rotatable bonds is 4. The SMILES string of the molecule is CC(C)(C)C(=O)Cc1nnc(C(C)(C)CO)s1. The van der Waals surface area contributed by atoms with Crippen LogP contribution >= 0.6 is 11.3 Å². The van der Waals surface area contributed by atoms with Gasteiger partial charge in [-0.05, 0) is 0 Å². The van der Waals surface area contributed by atoms with Crippen LogP contribution in [0.1, 0.15) is 44.6 Å². The van der Waals surface area contributed by atoms with Crippen LogP contribution in [-0.2, 0) is 16.6 Å². The molecule has 96 valence electrons. The molecule has 17 heavy (non-hydrogen) atoms. The summed E-state index contributed by atoms with van der Waals surface area (Å²) in [6.07, 6.45) is 0.322. The monoisotopic (exact) mass is 256 g/mol. The van der Waals surface area contributed by atoms with Crippen LogP contribution in [0.4, 0.5) is 0 Å². The highest BCUT2D eigenvalue weighted by Crippen LogP contribution is 2.27. The molecule has 1 N–H and O–H groups in total. The van der Waals surface area contributed by atoms with Gasteiger partial charge in [0, 0.05) is 10.8 Å². The predicted molar refractivity (Wildman–Crippen MR) is 68.2 cm³/mol. The van der Waals surface area contributed by atoms with Gasteiger partial charge in [-0.1, -0.05) is 34.6 Å². The number of aliphatic hydroxyl groups is 1. The first-order chi connectivity index (χ1) is 7.66. The Morgan fingerprint density at radius 2 is 1.82 bits per heavy atom. The largest absolute Gasteiger partial charge is 0.395 e. The lowest BCUT2D eigenvalue weighted by molar-refractivity contribution is -0.125. The lowest BCUT2D eigenvalue weighted by Crippen LogP contribution is -2.22. The zero-order valence-electron chi connectivity index (χ0n) is 11.1. The zero-order chi connectivity index (χ0) is 13.3. The van der Waals surface area contributed by atoms with Gasteiger partial charge in [0.15, 0.2) is 0 Å². The van der Waals surface area contributed by atoms with Crippen molar-refractivity contribution in [3.05, 3.63) is 10.0 Å². The summed E-state index contributed by atoms with van der Waals surface area (Å²) < 4.78 is 0. The van der Waals surface area contributed by atoms with Crippen LogP contribution in [0.3, 0.4) is 0 Å². The predicted octanol–water partition coefficient (Wildman–Crippen LogP) is 1.97. The molecule has 0 fully saturated rings. The molecule has 0 aliphatic heterocycles. The molecule has 1 aromatic heterocycles. The number of carbonyl (C=O) groups is 1. The van der Waals surface area contributed by atoms with E-state index >= 15 is 0 Å². The molecule has 0 radical (unpaired) electrons. The maximum atomic E-state index is 11.9. The summed E-state index contributed by atoms with van der Waals surface area (Å²) in [5, 5.41) is 18.8. The van der Waals surface area contributed by atoms with Gasteiger partial charge in [-0.15, -0.1) is 21.5 Å². The number of nitrogens with zero attached hydrogens (tertiary/aromatic N) is 2. The first kappa shape index (κ1) is 14.3. The lowest BCUT2D eigenvalue weighted by Gasteiger charge is -2.17. The highest BCUT2D eigenvalue weighted by atomic mass is 32.1. The summed E-state index contributed by atoms with van der Waals surface area (Å²) in [5.41, 5.74) is -0.737. The summed E-state index contributed by atoms with van der Waals surface area (Å²) >= 11 is 1.41. The van der Waals surface area contributed by atoms with Gasteiger partial charge in [-0.3, -0.25) is 4.79 Å². The van der Waals surface area contributed by atoms with Crippen molar-refractivity contribution in [2.75, 3.05) is 6.61 Å². The number of ketones is 1. The Hall–Kier alpha value is -0.810. The highest BCUT2D eigenvalue weighted by Gasteiger charge is 2.27. The second-order valence-corrected chi connectivity index (χ2v) is 6.95. The number of hydrogen-bond acceptors (Lipinski definition) is 5. The number of aromatic nitrogens is 2. The zero-order valence-corrected chi connectivity index (χ0v) is 11.9. The quantitative estimate of drug-likeness (QED) is 0.894. The van der Waals surface area contributed by atoms with Crippen molar-refractivity contribution >= 4 is 17.1 Å². The van der Waals surface area contributed by atoms with Gasteiger partial charge in [-0.25, -0.2) is 0 Å². The van der Waals surface area contributed by atoms with Crippen LogP contribution < -0.4 is 0 Å². The number of aliphatic hydroxyl groups excluding tert-OH is 1. The molecular formula is C12H20N2O2S. The van der Waals surface area contributed by atoms with Gasteiger partial charge < -0.3 is 5.11 Å². The lowest BCUT2D eigenvalue weighted by atomic mass is 9.89. The van der Waals surface area contributed by atoms with Crippen LogP contribution in [0.15, 0.2) is 0 Å². The van der Waals surface area contributed by atoms with E-state index in [0.717, 1.165) is 10.0 Å². The molecule has 1 rings (SSSR count). The second kappa shape index (κ2) is 4.82. The van der Waals surface area contributed by atoms with Gasteiger partial charge in [0.05, 0.1) is 13.0 Å². The first-order valence-electron chi connectivity index (χ1n) is 5.64. The number of carbonyl (C=O) groups excluding carboxylic acids is 1. The Morgan fingerprint density at radius 1 is 1.24 bits per heavy atom. The van der Waals surface area contributed by atoms with E-state index in [1.807, 2.05) is 34.6 Å². The molecule has 4 nitrogen and oxygen atoms in total. The molecule has 1 aromatic rings. The van der Waals surface area contributed by atoms with Crippen LogP contribution in [0.25, 0.3) is 0 Å². The molecule has 5 heteroatoms. The van der Waals surface area contributed by atoms with Crippen molar-refractivity contribution in [1.29, 1.82) is 0 Å². The third kappa shape index (κ3) is 3.57. The topological polar surface area (TPSA) is 63.1 Å². The van der Waals surface area contributed by atoms with Crippen molar-refractivity contribution in [3.63, 3.8) is 0 Å². The standard InChI is InChI=1S/C12H20N2O2S/c1-11(2,3)8(16)6-9-13-14-10(17-9)12(4,5)7-15/h15H,6-7H2,1-5H3. The molecule has 0 aliphatic carbocycles. The van der Waals surface area contributed by atoms with E-state index in [1.165, 1.54) is 11.3 Å². The van der Waals surface area contributed by atoms with Gasteiger partial charge in [0.2, 0.25) is 0 Å². The maximum Gasteiger partial charge on any atom is 0.145 e. The molecule has 0 aromatic carbocycles. The number of Topliss-reactive ketones (excluding diaryl/α,β-unsaturated/α-hetero) is 1. The summed E-state index contributed by atoms with van der Waals surface area (Å²) in [6.45, 7) is 9.53. The van der Waals surface area contributed by atoms with Crippen LogP contribution in [0, 0.1) is 5.41 Å². The Kier molecular flexibility index (Phi) is 4.04. The van der Waals surface area contributed by atoms with E-state index in [2.05, 4.69) is 10.2 Å². The molecule has 0 aliphatic rings. The van der Waals surface area contributed by atoms with Crippen LogP contribution in [0.2, 0.25) is 0 Å². The van der Waals surface area contributed by atoms with Crippen molar-refractivity contribution in [3.8, 4) is 0 Å². The van der Waals surface area contributed by atoms with Gasteiger partial charge in [-0.2, -0.15) is 0 Å². The van der Waals surface area contributed by atoms with Crippen molar-refractivity contribution in [2.45, 2.75) is 46.5 Å². The summed E-state index contributed by atoms with van der Waals surface area (Å²) in [7, 11) is 0. The molecule has 0 saturated carbocycles. The van der Waals surface area contributed by atoms with E-state index in [4.69, 9.17) is 0 Å². The molecule has 0 atom stereocenters. The fourth-order valence-corrected chi connectivity index (χ4v) is 2.00. The van der Waals surface area contributed by atoms with Crippen molar-refractivity contribution in [2.24, 2.45) is 5.41 Å². The molecule has 0 saturated heterocycles. The minimum Gasteiger partial charge on any atom is -0.395 e. The summed E-state index contributed by atoms with van der Waals surface area (Å²) in [6, 6.07) is 0. The minimum atomic E-state index is -0.388. The molecule has 0 bridgehead atoms. The van der Waals surface area contributed by atoms with E-state index in [0.29, 0.717) is 6.42 Å². The molecule has 0 unspecified atom stereocenters. The number of hydrogen-bond donors (Lipinski definition) is 1. The van der Waals surface area contributed by atoms with Crippen LogP contribution in [-0.4, -0.2) is 27.7 Å². The summed E-state index contributed by atoms with van der Waals surface area (Å²) in [5.74, 6) is 0.155. The average molecular weight is 256 g/mol. The van der Waals surface area contributed by atoms with E-state index < -0.39 is 0 Å². The highest BCUT2D eigenvalue weighted by molar-refractivity contribution is 7.11. The fraction of sp³-hybridized carbons (Fsp3) is 0.750. The van der Waals surface area contributed by atoms with E-state index in [1.54, 1.807) is 0 Å². The van der Waals surface area contributed by atoms with Crippen LogP contribution in [0.5, 0.6) is 0 Å². The molecule has 0 amide bonds. The molecule has 1 heterocycles. The first-order valence-corrected chi connectivity index (χ1v) is 6.45. The van der Waals surface area contributed by atoms with Crippen molar-refractivity contribution < 1.29 is 9.90 Å². The second-order valence-electron chi connectivity index (χ2n) is 5.89. The third-order valence-corrected chi connectivity index (χ3v) is 3.88. The normalized spacial score (nSPS) is 12.8. The third-order valence-electron chi connectivity index (χ3n) is 2.59. The average Bonchev–Trinajstić information content (AvgIpc) is 2.65. The minimum absolute atomic E-state index is 0.0227. The summed E-state index contributed by atoms with van der Waals surface area (Å²) in [4.78, 5) is 11.9. The Bertz CT molecular complexity index is 405. The van der Waals surface area contributed by atoms with E-state index in [-0.39, 0.29) is 23.2 Å². The van der Waals surface area contributed by atoms with Gasteiger partial charge in [0.1, 0.15) is 15.8 Å². The maximum absolute atomic E-state index is 11.9.